The molecule has 0 radical (unpaired) electrons. The molecule has 3 nitrogen and oxygen atoms in total. The molecule has 0 amide bonds. The molecule has 21 heavy (non-hydrogen) atoms. The van der Waals surface area contributed by atoms with Gasteiger partial charge in [0.1, 0.15) is 5.82 Å². The molecule has 5 heteroatoms. The normalized spacial score (nSPS) is 18.2. The average molecular weight is 308 g/mol. The molecule has 1 N–H and O–H groups in total. The number of morpholine rings is 1. The zero-order chi connectivity index (χ0) is 14.7. The van der Waals surface area contributed by atoms with Crippen molar-refractivity contribution in [3.8, 4) is 0 Å². The third kappa shape index (κ3) is 4.01. The highest BCUT2D eigenvalue weighted by atomic mass is 32.1. The zero-order valence-electron chi connectivity index (χ0n) is 12.3. The van der Waals surface area contributed by atoms with Gasteiger partial charge in [-0.15, -0.1) is 11.3 Å². The Morgan fingerprint density at radius 2 is 2.14 bits per heavy atom. The van der Waals surface area contributed by atoms with Gasteiger partial charge in [-0.2, -0.15) is 0 Å². The lowest BCUT2D eigenvalue weighted by Crippen LogP contribution is -2.44. The van der Waals surface area contributed by atoms with Crippen molar-refractivity contribution in [2.45, 2.75) is 19.5 Å². The summed E-state index contributed by atoms with van der Waals surface area (Å²) >= 11 is 1.66. The first-order valence-corrected chi connectivity index (χ1v) is 8.24. The van der Waals surface area contributed by atoms with Crippen LogP contribution in [0.2, 0.25) is 0 Å². The first kappa shape index (κ1) is 14.9. The Labute approximate surface area is 128 Å². The first-order chi connectivity index (χ1) is 10.2. The summed E-state index contributed by atoms with van der Waals surface area (Å²) in [6.07, 6.45) is 0. The van der Waals surface area contributed by atoms with Crippen LogP contribution in [0.15, 0.2) is 24.3 Å². The number of nitrogens with one attached hydrogen (secondary N) is 1. The maximum Gasteiger partial charge on any atom is 0.124 e. The minimum atomic E-state index is -0.162. The predicted molar refractivity (Wildman–Crippen MR) is 85.3 cm³/mol. The first-order valence-electron chi connectivity index (χ1n) is 7.42. The van der Waals surface area contributed by atoms with Crippen molar-refractivity contribution < 1.29 is 9.13 Å². The van der Waals surface area contributed by atoms with Crippen molar-refractivity contribution in [3.05, 3.63) is 35.0 Å². The second kappa shape index (κ2) is 6.83. The largest absolute Gasteiger partial charge is 0.379 e. The van der Waals surface area contributed by atoms with E-state index in [0.717, 1.165) is 49.5 Å². The SMILES string of the molecule is CC(CN1CCOCC1)NCc1cc2ccc(F)cc2s1. The fourth-order valence-electron chi connectivity index (χ4n) is 2.66. The number of hydrogen-bond donors (Lipinski definition) is 1. The second-order valence-corrected chi connectivity index (χ2v) is 6.76. The molecule has 1 aliphatic rings. The van der Waals surface area contributed by atoms with Crippen LogP contribution in [0.1, 0.15) is 11.8 Å². The van der Waals surface area contributed by atoms with Gasteiger partial charge in [-0.3, -0.25) is 4.90 Å². The Balaban J connectivity index is 1.53. The number of hydrogen-bond acceptors (Lipinski definition) is 4. The molecule has 3 rings (SSSR count). The van der Waals surface area contributed by atoms with Crippen molar-refractivity contribution >= 4 is 21.4 Å². The van der Waals surface area contributed by atoms with E-state index in [1.807, 2.05) is 6.07 Å². The van der Waals surface area contributed by atoms with E-state index in [2.05, 4.69) is 23.2 Å². The number of halogens is 1. The Morgan fingerprint density at radius 3 is 2.95 bits per heavy atom. The van der Waals surface area contributed by atoms with Crippen molar-refractivity contribution in [2.75, 3.05) is 32.8 Å². The lowest BCUT2D eigenvalue weighted by molar-refractivity contribution is 0.0343. The van der Waals surface area contributed by atoms with Crippen LogP contribution in [-0.2, 0) is 11.3 Å². The summed E-state index contributed by atoms with van der Waals surface area (Å²) in [5.41, 5.74) is 0. The molecule has 1 aliphatic heterocycles. The number of nitrogens with zero attached hydrogens (tertiary/aromatic N) is 1. The summed E-state index contributed by atoms with van der Waals surface area (Å²) in [4.78, 5) is 3.69. The van der Waals surface area contributed by atoms with Gasteiger partial charge in [0.2, 0.25) is 0 Å². The highest BCUT2D eigenvalue weighted by molar-refractivity contribution is 7.19. The van der Waals surface area contributed by atoms with Crippen LogP contribution in [0.5, 0.6) is 0 Å². The van der Waals surface area contributed by atoms with E-state index in [0.29, 0.717) is 6.04 Å². The van der Waals surface area contributed by atoms with Gasteiger partial charge in [0.15, 0.2) is 0 Å². The van der Waals surface area contributed by atoms with Crippen LogP contribution < -0.4 is 5.32 Å². The minimum Gasteiger partial charge on any atom is -0.379 e. The molecule has 0 saturated carbocycles. The summed E-state index contributed by atoms with van der Waals surface area (Å²) in [7, 11) is 0. The van der Waals surface area contributed by atoms with Crippen LogP contribution in [0.3, 0.4) is 0 Å². The minimum absolute atomic E-state index is 0.162. The van der Waals surface area contributed by atoms with Gasteiger partial charge in [-0.25, -0.2) is 4.39 Å². The predicted octanol–water partition coefficient (Wildman–Crippen LogP) is 2.85. The summed E-state index contributed by atoms with van der Waals surface area (Å²) in [5, 5.41) is 4.68. The van der Waals surface area contributed by atoms with Crippen LogP contribution in [0.25, 0.3) is 10.1 Å². The van der Waals surface area contributed by atoms with Crippen molar-refractivity contribution in [3.63, 3.8) is 0 Å². The molecule has 1 saturated heterocycles. The molecule has 1 unspecified atom stereocenters. The summed E-state index contributed by atoms with van der Waals surface area (Å²) in [5.74, 6) is -0.162. The number of ether oxygens (including phenoxy) is 1. The maximum absolute atomic E-state index is 13.2. The van der Waals surface area contributed by atoms with Gasteiger partial charge in [0.25, 0.3) is 0 Å². The maximum atomic E-state index is 13.2. The molecule has 114 valence electrons. The molecule has 1 aromatic heterocycles. The average Bonchev–Trinajstić information content (AvgIpc) is 2.88. The number of thiophene rings is 1. The van der Waals surface area contributed by atoms with Gasteiger partial charge in [0, 0.05) is 41.8 Å². The van der Waals surface area contributed by atoms with Crippen LogP contribution >= 0.6 is 11.3 Å². The topological polar surface area (TPSA) is 24.5 Å². The summed E-state index contributed by atoms with van der Waals surface area (Å²) in [6.45, 7) is 7.82. The summed E-state index contributed by atoms with van der Waals surface area (Å²) < 4.78 is 19.6. The third-order valence-corrected chi connectivity index (χ3v) is 4.89. The number of benzene rings is 1. The van der Waals surface area contributed by atoms with E-state index in [9.17, 15) is 4.39 Å². The Hall–Kier alpha value is -1.01. The Morgan fingerprint density at radius 1 is 1.33 bits per heavy atom. The molecular formula is C16H21FN2OS. The molecular weight excluding hydrogens is 287 g/mol. The molecule has 2 aromatic rings. The monoisotopic (exact) mass is 308 g/mol. The van der Waals surface area contributed by atoms with E-state index in [1.54, 1.807) is 17.4 Å². The molecule has 0 bridgehead atoms. The number of rotatable bonds is 5. The van der Waals surface area contributed by atoms with Crippen LogP contribution in [-0.4, -0.2) is 43.8 Å². The van der Waals surface area contributed by atoms with Gasteiger partial charge in [-0.05, 0) is 30.5 Å². The van der Waals surface area contributed by atoms with Gasteiger partial charge in [-0.1, -0.05) is 6.07 Å². The van der Waals surface area contributed by atoms with Crippen molar-refractivity contribution in [1.82, 2.24) is 10.2 Å². The van der Waals surface area contributed by atoms with E-state index < -0.39 is 0 Å². The number of fused-ring (bicyclic) bond motifs is 1. The van der Waals surface area contributed by atoms with Crippen molar-refractivity contribution in [1.29, 1.82) is 0 Å². The molecule has 2 heterocycles. The molecule has 0 aliphatic carbocycles. The fraction of sp³-hybridized carbons (Fsp3) is 0.500. The smallest absolute Gasteiger partial charge is 0.124 e. The quantitative estimate of drug-likeness (QED) is 0.919. The van der Waals surface area contributed by atoms with E-state index in [4.69, 9.17) is 4.74 Å². The third-order valence-electron chi connectivity index (χ3n) is 3.79. The standard InChI is InChI=1S/C16H21FN2OS/c1-12(11-19-4-6-20-7-5-19)18-10-15-8-13-2-3-14(17)9-16(13)21-15/h2-3,8-9,12,18H,4-7,10-11H2,1H3. The highest BCUT2D eigenvalue weighted by Gasteiger charge is 2.13. The molecule has 1 aromatic carbocycles. The molecule has 0 spiro atoms. The van der Waals surface area contributed by atoms with Crippen molar-refractivity contribution in [2.24, 2.45) is 0 Å². The van der Waals surface area contributed by atoms with Gasteiger partial charge >= 0.3 is 0 Å². The molecule has 1 fully saturated rings. The van der Waals surface area contributed by atoms with Crippen LogP contribution in [0, 0.1) is 5.82 Å². The Kier molecular flexibility index (Phi) is 4.85. The van der Waals surface area contributed by atoms with E-state index >= 15 is 0 Å². The lowest BCUT2D eigenvalue weighted by atomic mass is 10.2. The summed E-state index contributed by atoms with van der Waals surface area (Å²) in [6, 6.07) is 7.56. The highest BCUT2D eigenvalue weighted by Crippen LogP contribution is 2.26. The second-order valence-electron chi connectivity index (χ2n) is 5.59. The van der Waals surface area contributed by atoms with Crippen LogP contribution in [0.4, 0.5) is 4.39 Å². The van der Waals surface area contributed by atoms with Gasteiger partial charge in [0.05, 0.1) is 13.2 Å². The molecule has 1 atom stereocenters. The zero-order valence-corrected chi connectivity index (χ0v) is 13.1. The fourth-order valence-corrected chi connectivity index (χ4v) is 3.70. The Bertz CT molecular complexity index is 595. The van der Waals surface area contributed by atoms with E-state index in [1.165, 1.54) is 10.9 Å². The lowest BCUT2D eigenvalue weighted by Gasteiger charge is -2.29. The van der Waals surface area contributed by atoms with Gasteiger partial charge < -0.3 is 10.1 Å². The van der Waals surface area contributed by atoms with E-state index in [-0.39, 0.29) is 5.82 Å².